The predicted molar refractivity (Wildman–Crippen MR) is 80.5 cm³/mol. The molecule has 0 aliphatic carbocycles. The van der Waals surface area contributed by atoms with Gasteiger partial charge < -0.3 is 9.30 Å². The molecule has 0 saturated heterocycles. The van der Waals surface area contributed by atoms with Crippen LogP contribution in [0.25, 0.3) is 10.9 Å². The lowest BCUT2D eigenvalue weighted by molar-refractivity contribution is -0.145. The van der Waals surface area contributed by atoms with E-state index in [2.05, 4.69) is 35.1 Å². The Labute approximate surface area is 119 Å². The van der Waals surface area contributed by atoms with Crippen molar-refractivity contribution in [3.8, 4) is 0 Å². The third-order valence-corrected chi connectivity index (χ3v) is 3.59. The molecule has 0 spiro atoms. The number of ether oxygens (including phenoxy) is 1. The van der Waals surface area contributed by atoms with E-state index >= 15 is 0 Å². The lowest BCUT2D eigenvalue weighted by Gasteiger charge is -2.13. The van der Waals surface area contributed by atoms with Gasteiger partial charge in [0, 0.05) is 24.7 Å². The Hall–Kier alpha value is -2.25. The van der Waals surface area contributed by atoms with E-state index in [0.717, 1.165) is 5.69 Å². The van der Waals surface area contributed by atoms with Crippen molar-refractivity contribution in [3.63, 3.8) is 0 Å². The van der Waals surface area contributed by atoms with E-state index in [1.807, 2.05) is 19.2 Å². The summed E-state index contributed by atoms with van der Waals surface area (Å²) in [7, 11) is 3.45. The quantitative estimate of drug-likeness (QED) is 0.616. The van der Waals surface area contributed by atoms with E-state index < -0.39 is 0 Å². The SMILES string of the molecule is C=C=CCC(Cc1cc2ccccc2n1C)C(=O)OC. The fraction of sp³-hybridized carbons (Fsp3) is 0.294. The van der Waals surface area contributed by atoms with Crippen LogP contribution in [-0.2, 0) is 23.0 Å². The second kappa shape index (κ2) is 6.27. The maximum atomic E-state index is 11.8. The molecule has 1 atom stereocenters. The second-order valence-electron chi connectivity index (χ2n) is 4.82. The molecule has 0 saturated carbocycles. The van der Waals surface area contributed by atoms with Gasteiger partial charge in [0.1, 0.15) is 0 Å². The number of aryl methyl sites for hydroxylation is 1. The van der Waals surface area contributed by atoms with Gasteiger partial charge >= 0.3 is 5.97 Å². The number of carbonyl (C=O) groups is 1. The van der Waals surface area contributed by atoms with Crippen LogP contribution in [0.5, 0.6) is 0 Å². The molecular formula is C17H19NO2. The highest BCUT2D eigenvalue weighted by Gasteiger charge is 2.20. The summed E-state index contributed by atoms with van der Waals surface area (Å²) in [5, 5.41) is 1.19. The number of aromatic nitrogens is 1. The zero-order valence-corrected chi connectivity index (χ0v) is 11.9. The molecule has 0 aliphatic rings. The van der Waals surface area contributed by atoms with Crippen molar-refractivity contribution in [3.05, 3.63) is 54.4 Å². The lowest BCUT2D eigenvalue weighted by atomic mass is 9.99. The summed E-state index contributed by atoms with van der Waals surface area (Å²) in [6.07, 6.45) is 3.03. The smallest absolute Gasteiger partial charge is 0.309 e. The van der Waals surface area contributed by atoms with Crippen LogP contribution in [0.2, 0.25) is 0 Å². The summed E-state index contributed by atoms with van der Waals surface area (Å²) in [6, 6.07) is 10.3. The lowest BCUT2D eigenvalue weighted by Crippen LogP contribution is -2.19. The minimum atomic E-state index is -0.197. The Morgan fingerprint density at radius 1 is 1.50 bits per heavy atom. The summed E-state index contributed by atoms with van der Waals surface area (Å²) in [5.41, 5.74) is 5.01. The first-order chi connectivity index (χ1) is 9.67. The molecule has 2 aromatic rings. The minimum Gasteiger partial charge on any atom is -0.469 e. The number of esters is 1. The van der Waals surface area contributed by atoms with Crippen LogP contribution in [-0.4, -0.2) is 17.6 Å². The van der Waals surface area contributed by atoms with E-state index in [4.69, 9.17) is 4.74 Å². The molecular weight excluding hydrogens is 250 g/mol. The Morgan fingerprint density at radius 2 is 2.25 bits per heavy atom. The number of allylic oxidation sites excluding steroid dienone is 1. The van der Waals surface area contributed by atoms with E-state index in [1.165, 1.54) is 18.0 Å². The minimum absolute atomic E-state index is 0.193. The fourth-order valence-corrected chi connectivity index (χ4v) is 2.45. The maximum absolute atomic E-state index is 11.8. The summed E-state index contributed by atoms with van der Waals surface area (Å²) in [4.78, 5) is 11.8. The van der Waals surface area contributed by atoms with Crippen molar-refractivity contribution in [2.45, 2.75) is 12.8 Å². The molecule has 1 unspecified atom stereocenters. The Bertz CT molecular complexity index is 663. The predicted octanol–water partition coefficient (Wildman–Crippen LogP) is 3.24. The van der Waals surface area contributed by atoms with Crippen molar-refractivity contribution in [1.29, 1.82) is 0 Å². The molecule has 0 radical (unpaired) electrons. The topological polar surface area (TPSA) is 31.2 Å². The van der Waals surface area contributed by atoms with Crippen LogP contribution in [0.4, 0.5) is 0 Å². The van der Waals surface area contributed by atoms with E-state index in [1.54, 1.807) is 6.08 Å². The molecule has 1 aromatic carbocycles. The van der Waals surface area contributed by atoms with Gasteiger partial charge in [-0.15, -0.1) is 5.73 Å². The molecule has 104 valence electrons. The number of hydrogen-bond acceptors (Lipinski definition) is 2. The largest absolute Gasteiger partial charge is 0.469 e. The average molecular weight is 269 g/mol. The fourth-order valence-electron chi connectivity index (χ4n) is 2.45. The van der Waals surface area contributed by atoms with Crippen molar-refractivity contribution < 1.29 is 9.53 Å². The normalized spacial score (nSPS) is 11.9. The molecule has 3 nitrogen and oxygen atoms in total. The Morgan fingerprint density at radius 3 is 2.90 bits per heavy atom. The van der Waals surface area contributed by atoms with Gasteiger partial charge in [-0.1, -0.05) is 24.8 Å². The first kappa shape index (κ1) is 14.2. The third-order valence-electron chi connectivity index (χ3n) is 3.59. The summed E-state index contributed by atoms with van der Waals surface area (Å²) in [6.45, 7) is 3.54. The zero-order valence-electron chi connectivity index (χ0n) is 11.9. The first-order valence-corrected chi connectivity index (χ1v) is 6.62. The highest BCUT2D eigenvalue weighted by atomic mass is 16.5. The van der Waals surface area contributed by atoms with Crippen molar-refractivity contribution >= 4 is 16.9 Å². The van der Waals surface area contributed by atoms with Crippen molar-refractivity contribution in [2.75, 3.05) is 7.11 Å². The van der Waals surface area contributed by atoms with Gasteiger partial charge in [0.25, 0.3) is 0 Å². The summed E-state index contributed by atoms with van der Waals surface area (Å²) < 4.78 is 7.01. The van der Waals surface area contributed by atoms with Gasteiger partial charge in [-0.3, -0.25) is 4.79 Å². The van der Waals surface area contributed by atoms with Crippen molar-refractivity contribution in [2.24, 2.45) is 13.0 Å². The molecule has 0 fully saturated rings. The molecule has 2 rings (SSSR count). The number of hydrogen-bond donors (Lipinski definition) is 0. The van der Waals surface area contributed by atoms with E-state index in [9.17, 15) is 4.79 Å². The standard InChI is InChI=1S/C17H19NO2/c1-4-5-8-14(17(19)20-3)12-15-11-13-9-6-7-10-16(13)18(15)2/h5-7,9-11,14H,1,8,12H2,2-3H3. The molecule has 0 bridgehead atoms. The number of carbonyl (C=O) groups excluding carboxylic acids is 1. The number of methoxy groups -OCH3 is 1. The van der Waals surface area contributed by atoms with Crippen LogP contribution in [0.3, 0.4) is 0 Å². The number of nitrogens with zero attached hydrogens (tertiary/aromatic N) is 1. The maximum Gasteiger partial charge on any atom is 0.309 e. The van der Waals surface area contributed by atoms with Gasteiger partial charge in [0.15, 0.2) is 0 Å². The molecule has 1 aromatic heterocycles. The van der Waals surface area contributed by atoms with Crippen LogP contribution in [0.1, 0.15) is 12.1 Å². The first-order valence-electron chi connectivity index (χ1n) is 6.62. The highest BCUT2D eigenvalue weighted by Crippen LogP contribution is 2.22. The number of fused-ring (bicyclic) bond motifs is 1. The number of para-hydroxylation sites is 1. The Kier molecular flexibility index (Phi) is 4.44. The Balaban J connectivity index is 2.30. The monoisotopic (exact) mass is 269 g/mol. The van der Waals surface area contributed by atoms with E-state index in [0.29, 0.717) is 12.8 Å². The van der Waals surface area contributed by atoms with Gasteiger partial charge in [-0.05, 0) is 30.0 Å². The molecule has 3 heteroatoms. The molecule has 0 aliphatic heterocycles. The van der Waals surface area contributed by atoms with Crippen LogP contribution < -0.4 is 0 Å². The van der Waals surface area contributed by atoms with Gasteiger partial charge in [-0.25, -0.2) is 0 Å². The molecule has 0 amide bonds. The number of benzene rings is 1. The molecule has 20 heavy (non-hydrogen) atoms. The highest BCUT2D eigenvalue weighted by molar-refractivity contribution is 5.81. The second-order valence-corrected chi connectivity index (χ2v) is 4.82. The molecule has 0 N–H and O–H groups in total. The summed E-state index contributed by atoms with van der Waals surface area (Å²) >= 11 is 0. The van der Waals surface area contributed by atoms with Gasteiger partial charge in [0.05, 0.1) is 13.0 Å². The van der Waals surface area contributed by atoms with Crippen LogP contribution in [0, 0.1) is 5.92 Å². The van der Waals surface area contributed by atoms with Gasteiger partial charge in [-0.2, -0.15) is 0 Å². The molecule has 1 heterocycles. The van der Waals surface area contributed by atoms with Crippen LogP contribution in [0.15, 0.2) is 48.7 Å². The average Bonchev–Trinajstić information content (AvgIpc) is 2.79. The summed E-state index contributed by atoms with van der Waals surface area (Å²) in [5.74, 6) is -0.390. The third kappa shape index (κ3) is 2.84. The van der Waals surface area contributed by atoms with Crippen molar-refractivity contribution in [1.82, 2.24) is 4.57 Å². The zero-order chi connectivity index (χ0) is 14.5. The number of rotatable bonds is 5. The van der Waals surface area contributed by atoms with Crippen LogP contribution >= 0.6 is 0 Å². The van der Waals surface area contributed by atoms with E-state index in [-0.39, 0.29) is 11.9 Å². The van der Waals surface area contributed by atoms with Gasteiger partial charge in [0.2, 0.25) is 0 Å².